The number of anilines is 1. The zero-order valence-corrected chi connectivity index (χ0v) is 12.5. The van der Waals surface area contributed by atoms with E-state index >= 15 is 0 Å². The lowest BCUT2D eigenvalue weighted by Crippen LogP contribution is -1.97. The summed E-state index contributed by atoms with van der Waals surface area (Å²) in [5, 5.41) is 12.7. The largest absolute Gasteiger partial charge is 0.260 e. The molecule has 0 saturated carbocycles. The molecule has 0 unspecified atom stereocenters. The Labute approximate surface area is 134 Å². The number of benzene rings is 1. The molecule has 0 spiro atoms. The van der Waals surface area contributed by atoms with Crippen molar-refractivity contribution in [3.63, 3.8) is 0 Å². The fourth-order valence-electron chi connectivity index (χ4n) is 1.39. The molecule has 0 bridgehead atoms. The van der Waals surface area contributed by atoms with E-state index in [2.05, 4.69) is 15.5 Å². The lowest BCUT2D eigenvalue weighted by molar-refractivity contribution is 0.628. The molecule has 1 aromatic heterocycles. The number of nitrogens with zero attached hydrogens (tertiary/aromatic N) is 3. The normalized spacial score (nSPS) is 10.6. The molecule has 1 heterocycles. The van der Waals surface area contributed by atoms with E-state index in [1.54, 1.807) is 18.2 Å². The number of halogens is 4. The van der Waals surface area contributed by atoms with Crippen molar-refractivity contribution in [2.24, 2.45) is 5.10 Å². The van der Waals surface area contributed by atoms with Crippen LogP contribution in [0.4, 0.5) is 10.2 Å². The van der Waals surface area contributed by atoms with E-state index in [0.717, 1.165) is 0 Å². The minimum absolute atomic E-state index is 0.00125. The molecule has 2 rings (SSSR count). The third kappa shape index (κ3) is 3.61. The quantitative estimate of drug-likeness (QED) is 0.507. The van der Waals surface area contributed by atoms with Gasteiger partial charge < -0.3 is 0 Å². The zero-order valence-electron chi connectivity index (χ0n) is 10.2. The van der Waals surface area contributed by atoms with Gasteiger partial charge in [0.1, 0.15) is 22.5 Å². The topological polar surface area (TPSA) is 61.1 Å². The van der Waals surface area contributed by atoms with E-state index in [1.165, 1.54) is 18.3 Å². The summed E-state index contributed by atoms with van der Waals surface area (Å²) in [5.41, 5.74) is 3.23. The van der Waals surface area contributed by atoms with Gasteiger partial charge >= 0.3 is 0 Å². The fourth-order valence-corrected chi connectivity index (χ4v) is 2.06. The van der Waals surface area contributed by atoms with Crippen LogP contribution in [-0.4, -0.2) is 11.2 Å². The molecule has 0 amide bonds. The molecule has 0 aliphatic rings. The van der Waals surface area contributed by atoms with Gasteiger partial charge in [0.25, 0.3) is 0 Å². The van der Waals surface area contributed by atoms with Crippen LogP contribution < -0.4 is 5.43 Å². The Hall–Kier alpha value is -1.87. The minimum atomic E-state index is -0.338. The summed E-state index contributed by atoms with van der Waals surface area (Å²) in [7, 11) is 0. The molecule has 0 aliphatic heterocycles. The second-order valence-electron chi connectivity index (χ2n) is 3.79. The highest BCUT2D eigenvalue weighted by Gasteiger charge is 2.15. The van der Waals surface area contributed by atoms with Crippen molar-refractivity contribution in [1.82, 2.24) is 4.98 Å². The van der Waals surface area contributed by atoms with Crippen LogP contribution in [0.2, 0.25) is 15.2 Å². The van der Waals surface area contributed by atoms with Crippen LogP contribution in [-0.2, 0) is 0 Å². The van der Waals surface area contributed by atoms with Crippen molar-refractivity contribution in [2.45, 2.75) is 0 Å². The summed E-state index contributed by atoms with van der Waals surface area (Å²) in [5.74, 6) is -0.223. The smallest absolute Gasteiger partial charge is 0.168 e. The van der Waals surface area contributed by atoms with E-state index in [0.29, 0.717) is 5.56 Å². The van der Waals surface area contributed by atoms with E-state index in [9.17, 15) is 4.39 Å². The summed E-state index contributed by atoms with van der Waals surface area (Å²) in [6, 6.07) is 7.52. The standard InChI is InChI=1S/C13H6Cl3FN4/c14-10-9(5-18)12(16)20-13(11(10)15)21-19-6-7-1-3-8(17)4-2-7/h1-4,6H,(H,20,21). The van der Waals surface area contributed by atoms with Crippen molar-refractivity contribution in [1.29, 1.82) is 5.26 Å². The fraction of sp³-hybridized carbons (Fsp3) is 0. The van der Waals surface area contributed by atoms with Gasteiger partial charge in [-0.05, 0) is 17.7 Å². The average molecular weight is 344 g/mol. The predicted molar refractivity (Wildman–Crippen MR) is 81.6 cm³/mol. The highest BCUT2D eigenvalue weighted by Crippen LogP contribution is 2.34. The van der Waals surface area contributed by atoms with Crippen molar-refractivity contribution in [2.75, 3.05) is 5.43 Å². The SMILES string of the molecule is N#Cc1c(Cl)nc(NN=Cc2ccc(F)cc2)c(Cl)c1Cl. The number of rotatable bonds is 3. The number of hydrogen-bond donors (Lipinski definition) is 1. The molecule has 106 valence electrons. The highest BCUT2D eigenvalue weighted by atomic mass is 35.5. The number of pyridine rings is 1. The highest BCUT2D eigenvalue weighted by molar-refractivity contribution is 6.45. The van der Waals surface area contributed by atoms with Crippen molar-refractivity contribution >= 4 is 46.8 Å². The molecule has 1 aromatic carbocycles. The molecule has 2 aromatic rings. The molecule has 1 N–H and O–H groups in total. The second kappa shape index (κ2) is 6.72. The lowest BCUT2D eigenvalue weighted by atomic mass is 10.2. The van der Waals surface area contributed by atoms with Gasteiger partial charge in [0.2, 0.25) is 0 Å². The van der Waals surface area contributed by atoms with E-state index < -0.39 is 0 Å². The van der Waals surface area contributed by atoms with Gasteiger partial charge in [-0.1, -0.05) is 46.9 Å². The third-order valence-electron chi connectivity index (χ3n) is 2.40. The number of nitrogens with one attached hydrogen (secondary N) is 1. The molecule has 4 nitrogen and oxygen atoms in total. The van der Waals surface area contributed by atoms with E-state index in [-0.39, 0.29) is 32.4 Å². The van der Waals surface area contributed by atoms with Crippen LogP contribution in [0, 0.1) is 17.1 Å². The lowest BCUT2D eigenvalue weighted by Gasteiger charge is -2.06. The maximum atomic E-state index is 12.7. The maximum absolute atomic E-state index is 12.7. The summed E-state index contributed by atoms with van der Waals surface area (Å²) in [6.45, 7) is 0. The number of hydrazone groups is 1. The van der Waals surface area contributed by atoms with Crippen LogP contribution in [0.15, 0.2) is 29.4 Å². The third-order valence-corrected chi connectivity index (χ3v) is 3.52. The van der Waals surface area contributed by atoms with Crippen LogP contribution in [0.1, 0.15) is 11.1 Å². The summed E-state index contributed by atoms with van der Waals surface area (Å²) >= 11 is 17.7. The Kier molecular flexibility index (Phi) is 4.97. The summed E-state index contributed by atoms with van der Waals surface area (Å²) < 4.78 is 12.7. The first-order valence-electron chi connectivity index (χ1n) is 5.52. The summed E-state index contributed by atoms with van der Waals surface area (Å²) in [4.78, 5) is 3.89. The molecule has 8 heteroatoms. The molecule has 0 aliphatic carbocycles. The number of nitriles is 1. The van der Waals surface area contributed by atoms with E-state index in [1.807, 2.05) is 0 Å². The number of aromatic nitrogens is 1. The van der Waals surface area contributed by atoms with Crippen molar-refractivity contribution in [3.8, 4) is 6.07 Å². The monoisotopic (exact) mass is 342 g/mol. The Balaban J connectivity index is 2.21. The van der Waals surface area contributed by atoms with Crippen molar-refractivity contribution in [3.05, 3.63) is 56.4 Å². The first kappa shape index (κ1) is 15.5. The Morgan fingerprint density at radius 2 is 1.86 bits per heavy atom. The zero-order chi connectivity index (χ0) is 15.4. The number of hydrogen-bond acceptors (Lipinski definition) is 4. The van der Waals surface area contributed by atoms with Crippen LogP contribution in [0.3, 0.4) is 0 Å². The predicted octanol–water partition coefficient (Wildman–Crippen LogP) is 4.50. The molecule has 0 atom stereocenters. The van der Waals surface area contributed by atoms with Gasteiger partial charge in [-0.2, -0.15) is 10.4 Å². The molecular weight excluding hydrogens is 338 g/mol. The van der Waals surface area contributed by atoms with Gasteiger partial charge in [0.05, 0.1) is 11.2 Å². The van der Waals surface area contributed by atoms with Gasteiger partial charge in [-0.3, -0.25) is 5.43 Å². The van der Waals surface area contributed by atoms with Crippen LogP contribution in [0.5, 0.6) is 0 Å². The Morgan fingerprint density at radius 3 is 2.48 bits per heavy atom. The molecule has 0 radical (unpaired) electrons. The molecule has 0 fully saturated rings. The minimum Gasteiger partial charge on any atom is -0.260 e. The second-order valence-corrected chi connectivity index (χ2v) is 4.90. The average Bonchev–Trinajstić information content (AvgIpc) is 2.47. The Morgan fingerprint density at radius 1 is 1.19 bits per heavy atom. The van der Waals surface area contributed by atoms with Gasteiger partial charge in [-0.15, -0.1) is 0 Å². The van der Waals surface area contributed by atoms with Gasteiger partial charge in [0.15, 0.2) is 11.0 Å². The Bertz CT molecular complexity index is 739. The molecule has 0 saturated heterocycles. The molecule has 21 heavy (non-hydrogen) atoms. The van der Waals surface area contributed by atoms with Crippen LogP contribution >= 0.6 is 34.8 Å². The van der Waals surface area contributed by atoms with Gasteiger partial charge in [-0.25, -0.2) is 9.37 Å². The van der Waals surface area contributed by atoms with E-state index in [4.69, 9.17) is 40.1 Å². The van der Waals surface area contributed by atoms with Gasteiger partial charge in [0, 0.05) is 0 Å². The first-order chi connectivity index (χ1) is 10.0. The van der Waals surface area contributed by atoms with Crippen molar-refractivity contribution < 1.29 is 4.39 Å². The maximum Gasteiger partial charge on any atom is 0.168 e. The molecular formula is C13H6Cl3FN4. The van der Waals surface area contributed by atoms with Crippen LogP contribution in [0.25, 0.3) is 0 Å². The first-order valence-corrected chi connectivity index (χ1v) is 6.65. The summed E-state index contributed by atoms with van der Waals surface area (Å²) in [6.07, 6.45) is 1.44.